The summed E-state index contributed by atoms with van der Waals surface area (Å²) in [6.45, 7) is 1.87. The Morgan fingerprint density at radius 2 is 2.08 bits per heavy atom. The molecule has 0 aliphatic heterocycles. The number of aryl methyl sites for hydroxylation is 1. The summed E-state index contributed by atoms with van der Waals surface area (Å²) in [4.78, 5) is 10.4. The van der Waals surface area contributed by atoms with Gasteiger partial charge in [-0.15, -0.1) is 0 Å². The summed E-state index contributed by atoms with van der Waals surface area (Å²) in [7, 11) is 0. The van der Waals surface area contributed by atoms with Crippen LogP contribution in [0, 0.1) is 18.4 Å². The first-order valence-electron chi connectivity index (χ1n) is 3.45. The number of carbonyl (C=O) groups is 1. The number of nitriles is 1. The summed E-state index contributed by atoms with van der Waals surface area (Å²) in [5.74, 6) is -0.872. The fourth-order valence-corrected chi connectivity index (χ4v) is 0.778. The molecule has 0 saturated heterocycles. The molecule has 1 aromatic carbocycles. The van der Waals surface area contributed by atoms with Gasteiger partial charge in [0.15, 0.2) is 0 Å². The highest BCUT2D eigenvalue weighted by Gasteiger charge is 1.99. The predicted molar refractivity (Wildman–Crippen MR) is 45.7 cm³/mol. The molecule has 13 heavy (non-hydrogen) atoms. The van der Waals surface area contributed by atoms with Gasteiger partial charge in [0.05, 0.1) is 5.56 Å². The second-order valence-electron chi connectivity index (χ2n) is 2.27. The van der Waals surface area contributed by atoms with Crippen LogP contribution in [0.25, 0.3) is 0 Å². The Hall–Kier alpha value is -2.02. The van der Waals surface area contributed by atoms with E-state index in [0.717, 1.165) is 11.8 Å². The Morgan fingerprint density at radius 3 is 2.38 bits per heavy atom. The van der Waals surface area contributed by atoms with Crippen LogP contribution in [0.4, 0.5) is 0 Å². The quantitative estimate of drug-likeness (QED) is 0.640. The van der Waals surface area contributed by atoms with Gasteiger partial charge < -0.3 is 10.2 Å². The van der Waals surface area contributed by atoms with E-state index in [1.54, 1.807) is 18.2 Å². The van der Waals surface area contributed by atoms with Crippen LogP contribution in [0.3, 0.4) is 0 Å². The second kappa shape index (κ2) is 5.61. The van der Waals surface area contributed by atoms with Crippen LogP contribution >= 0.6 is 0 Å². The van der Waals surface area contributed by atoms with Crippen molar-refractivity contribution in [3.63, 3.8) is 0 Å². The van der Waals surface area contributed by atoms with Gasteiger partial charge in [-0.3, -0.25) is 0 Å². The molecule has 0 atom stereocenters. The van der Waals surface area contributed by atoms with Crippen molar-refractivity contribution in [3.8, 4) is 6.26 Å². The van der Waals surface area contributed by atoms with Crippen LogP contribution in [0.15, 0.2) is 24.3 Å². The molecular weight excluding hydrogens is 170 g/mol. The third kappa shape index (κ3) is 4.43. The Balaban J connectivity index is 0.000000424. The van der Waals surface area contributed by atoms with Crippen LogP contribution < -0.4 is 0 Å². The Labute approximate surface area is 75.7 Å². The van der Waals surface area contributed by atoms with Gasteiger partial charge in [0.25, 0.3) is 6.26 Å². The summed E-state index contributed by atoms with van der Waals surface area (Å²) < 4.78 is 0. The smallest absolute Gasteiger partial charge is 0.335 e. The predicted octanol–water partition coefficient (Wildman–Crippen LogP) is 1.53. The SMILES string of the molecule is Cc1cccc(C(=O)O)c1.N#CO. The number of aliphatic hydroxyl groups excluding tert-OH is 1. The number of carboxylic acids is 1. The molecule has 0 spiro atoms. The van der Waals surface area contributed by atoms with Gasteiger partial charge in [-0.1, -0.05) is 17.7 Å². The zero-order valence-electron chi connectivity index (χ0n) is 7.06. The van der Waals surface area contributed by atoms with Gasteiger partial charge in [-0.2, -0.15) is 5.26 Å². The third-order valence-corrected chi connectivity index (χ3v) is 1.27. The highest BCUT2D eigenvalue weighted by atomic mass is 16.4. The molecule has 0 fully saturated rings. The number of rotatable bonds is 1. The van der Waals surface area contributed by atoms with Crippen molar-refractivity contribution in [2.24, 2.45) is 0 Å². The highest BCUT2D eigenvalue weighted by molar-refractivity contribution is 5.87. The van der Waals surface area contributed by atoms with Crippen molar-refractivity contribution in [2.75, 3.05) is 0 Å². The lowest BCUT2D eigenvalue weighted by atomic mass is 10.1. The van der Waals surface area contributed by atoms with Crippen LogP contribution in [0.1, 0.15) is 15.9 Å². The van der Waals surface area contributed by atoms with Gasteiger partial charge in [0.2, 0.25) is 0 Å². The van der Waals surface area contributed by atoms with Crippen molar-refractivity contribution in [1.82, 2.24) is 0 Å². The maximum Gasteiger partial charge on any atom is 0.335 e. The summed E-state index contributed by atoms with van der Waals surface area (Å²) in [6.07, 6.45) is 0.750. The Morgan fingerprint density at radius 1 is 1.54 bits per heavy atom. The van der Waals surface area contributed by atoms with Crippen molar-refractivity contribution in [1.29, 1.82) is 5.26 Å². The van der Waals surface area contributed by atoms with Crippen molar-refractivity contribution >= 4 is 5.97 Å². The number of nitrogens with zero attached hydrogens (tertiary/aromatic N) is 1. The average molecular weight is 179 g/mol. The van der Waals surface area contributed by atoms with Crippen molar-refractivity contribution < 1.29 is 15.0 Å². The van der Waals surface area contributed by atoms with Crippen LogP contribution in [-0.4, -0.2) is 16.2 Å². The van der Waals surface area contributed by atoms with E-state index < -0.39 is 5.97 Å². The van der Waals surface area contributed by atoms with Crippen LogP contribution in [0.2, 0.25) is 0 Å². The number of aromatic carboxylic acids is 1. The molecule has 0 amide bonds. The van der Waals surface area contributed by atoms with Crippen molar-refractivity contribution in [2.45, 2.75) is 6.92 Å². The molecular formula is C9H9NO3. The number of aliphatic hydroxyl groups is 1. The Kier molecular flexibility index (Phi) is 4.74. The molecule has 0 unspecified atom stereocenters. The second-order valence-corrected chi connectivity index (χ2v) is 2.27. The van der Waals surface area contributed by atoms with E-state index in [1.807, 2.05) is 13.0 Å². The normalized spacial score (nSPS) is 7.69. The minimum atomic E-state index is -0.872. The van der Waals surface area contributed by atoms with Crippen molar-refractivity contribution in [3.05, 3.63) is 35.4 Å². The highest BCUT2D eigenvalue weighted by Crippen LogP contribution is 2.02. The molecule has 0 saturated carbocycles. The number of hydrogen-bond donors (Lipinski definition) is 2. The minimum absolute atomic E-state index is 0.347. The van der Waals surface area contributed by atoms with E-state index in [1.165, 1.54) is 0 Å². The zero-order valence-corrected chi connectivity index (χ0v) is 7.06. The molecule has 0 aromatic heterocycles. The largest absolute Gasteiger partial charge is 0.478 e. The molecule has 1 rings (SSSR count). The van der Waals surface area contributed by atoms with E-state index in [-0.39, 0.29) is 0 Å². The van der Waals surface area contributed by atoms with E-state index in [0.29, 0.717) is 5.56 Å². The molecule has 2 N–H and O–H groups in total. The van der Waals surface area contributed by atoms with E-state index in [9.17, 15) is 4.79 Å². The number of hydrogen-bond acceptors (Lipinski definition) is 3. The first kappa shape index (κ1) is 11.0. The van der Waals surface area contributed by atoms with Gasteiger partial charge >= 0.3 is 5.97 Å². The first-order valence-corrected chi connectivity index (χ1v) is 3.45. The Bertz CT molecular complexity index is 328. The molecule has 0 heterocycles. The fraction of sp³-hybridized carbons (Fsp3) is 0.111. The van der Waals surface area contributed by atoms with Crippen LogP contribution in [0.5, 0.6) is 0 Å². The first-order chi connectivity index (χ1) is 6.11. The molecule has 0 radical (unpaired) electrons. The fourth-order valence-electron chi connectivity index (χ4n) is 0.778. The standard InChI is InChI=1S/C8H8O2.CHNO/c1-6-3-2-4-7(5-6)8(9)10;2-1-3/h2-5H,1H3,(H,9,10);3H. The molecule has 0 aliphatic rings. The van der Waals surface area contributed by atoms with E-state index in [4.69, 9.17) is 15.5 Å². The lowest BCUT2D eigenvalue weighted by Crippen LogP contribution is -1.95. The zero-order chi connectivity index (χ0) is 10.3. The maximum atomic E-state index is 10.4. The minimum Gasteiger partial charge on any atom is -0.478 e. The maximum absolute atomic E-state index is 10.4. The lowest BCUT2D eigenvalue weighted by Gasteiger charge is -1.93. The lowest BCUT2D eigenvalue weighted by molar-refractivity contribution is 0.0697. The molecule has 68 valence electrons. The third-order valence-electron chi connectivity index (χ3n) is 1.27. The average Bonchev–Trinajstić information content (AvgIpc) is 2.05. The molecule has 0 bridgehead atoms. The van der Waals surface area contributed by atoms with Gasteiger partial charge in [-0.05, 0) is 19.1 Å². The van der Waals surface area contributed by atoms with Crippen LogP contribution in [-0.2, 0) is 0 Å². The molecule has 0 aliphatic carbocycles. The summed E-state index contributed by atoms with van der Waals surface area (Å²) >= 11 is 0. The van der Waals surface area contributed by atoms with Gasteiger partial charge in [-0.25, -0.2) is 4.79 Å². The van der Waals surface area contributed by atoms with E-state index >= 15 is 0 Å². The molecule has 1 aromatic rings. The molecule has 4 nitrogen and oxygen atoms in total. The number of benzene rings is 1. The topological polar surface area (TPSA) is 81.3 Å². The number of carboxylic acid groups (broad SMARTS) is 1. The molecule has 4 heteroatoms. The summed E-state index contributed by atoms with van der Waals surface area (Å²) in [5, 5.41) is 22.3. The summed E-state index contributed by atoms with van der Waals surface area (Å²) in [6, 6.07) is 6.82. The monoisotopic (exact) mass is 179 g/mol. The van der Waals surface area contributed by atoms with E-state index in [2.05, 4.69) is 0 Å². The van der Waals surface area contributed by atoms with Gasteiger partial charge in [0, 0.05) is 0 Å². The van der Waals surface area contributed by atoms with Gasteiger partial charge in [0.1, 0.15) is 0 Å². The summed E-state index contributed by atoms with van der Waals surface area (Å²) in [5.41, 5.74) is 1.32.